The number of aromatic nitrogens is 2. The van der Waals surface area contributed by atoms with E-state index in [0.29, 0.717) is 24.2 Å². The number of hydrogen-bond acceptors (Lipinski definition) is 5. The quantitative estimate of drug-likeness (QED) is 0.931. The topological polar surface area (TPSA) is 81.9 Å². The number of nitriles is 1. The molecule has 1 fully saturated rings. The Morgan fingerprint density at radius 3 is 2.95 bits per heavy atom. The van der Waals surface area contributed by atoms with E-state index in [-0.39, 0.29) is 11.9 Å². The Kier molecular flexibility index (Phi) is 3.97. The minimum Gasteiger partial charge on any atom is -0.379 e. The Bertz CT molecular complexity index is 710. The zero-order valence-corrected chi connectivity index (χ0v) is 11.9. The summed E-state index contributed by atoms with van der Waals surface area (Å²) in [6.07, 6.45) is 7.27. The van der Waals surface area contributed by atoms with Crippen molar-refractivity contribution in [2.24, 2.45) is 0 Å². The van der Waals surface area contributed by atoms with Gasteiger partial charge in [-0.05, 0) is 24.6 Å². The first-order chi connectivity index (χ1) is 10.8. The normalized spacial score (nSPS) is 17.0. The second-order valence-electron chi connectivity index (χ2n) is 5.16. The van der Waals surface area contributed by atoms with Crippen LogP contribution in [-0.4, -0.2) is 39.9 Å². The molecule has 1 atom stereocenters. The molecule has 0 spiro atoms. The fraction of sp³-hybridized carbons (Fsp3) is 0.250. The highest BCUT2D eigenvalue weighted by Gasteiger charge is 2.27. The predicted molar refractivity (Wildman–Crippen MR) is 81.1 cm³/mol. The van der Waals surface area contributed by atoms with Gasteiger partial charge in [-0.25, -0.2) is 0 Å². The van der Waals surface area contributed by atoms with Crippen molar-refractivity contribution < 1.29 is 4.79 Å². The van der Waals surface area contributed by atoms with Crippen molar-refractivity contribution in [2.45, 2.75) is 12.5 Å². The number of pyridine rings is 2. The van der Waals surface area contributed by atoms with Crippen LogP contribution in [0.5, 0.6) is 0 Å². The van der Waals surface area contributed by atoms with Gasteiger partial charge in [0, 0.05) is 43.9 Å². The number of nitrogens with one attached hydrogen (secondary N) is 1. The zero-order chi connectivity index (χ0) is 15.4. The third-order valence-corrected chi connectivity index (χ3v) is 3.69. The van der Waals surface area contributed by atoms with Crippen molar-refractivity contribution in [1.29, 1.82) is 5.26 Å². The number of amides is 1. The molecule has 1 aliphatic heterocycles. The Morgan fingerprint density at radius 1 is 1.32 bits per heavy atom. The summed E-state index contributed by atoms with van der Waals surface area (Å²) < 4.78 is 0. The molecule has 1 saturated heterocycles. The molecule has 0 aromatic carbocycles. The molecular weight excluding hydrogens is 278 g/mol. The second kappa shape index (κ2) is 6.22. The first-order valence-electron chi connectivity index (χ1n) is 7.08. The summed E-state index contributed by atoms with van der Waals surface area (Å²) in [6.45, 7) is 1.30. The maximum Gasteiger partial charge on any atom is 0.255 e. The van der Waals surface area contributed by atoms with Crippen LogP contribution in [0, 0.1) is 11.3 Å². The summed E-state index contributed by atoms with van der Waals surface area (Å²) in [5, 5.41) is 12.4. The maximum absolute atomic E-state index is 12.4. The lowest BCUT2D eigenvalue weighted by molar-refractivity contribution is 0.0791. The van der Waals surface area contributed by atoms with Crippen LogP contribution in [0.25, 0.3) is 0 Å². The Hall–Kier alpha value is -2.94. The van der Waals surface area contributed by atoms with Gasteiger partial charge >= 0.3 is 0 Å². The Morgan fingerprint density at radius 2 is 2.18 bits per heavy atom. The highest BCUT2D eigenvalue weighted by atomic mass is 16.2. The van der Waals surface area contributed by atoms with E-state index < -0.39 is 0 Å². The summed E-state index contributed by atoms with van der Waals surface area (Å²) in [7, 11) is 0. The first kappa shape index (κ1) is 14.0. The standard InChI is InChI=1S/C16H15N5O/c17-8-13-10-19-6-3-15(13)20-14-4-7-21(11-14)16(22)12-2-1-5-18-9-12/h1-3,5-6,9-10,14H,4,7,11H2,(H,19,20). The molecule has 6 nitrogen and oxygen atoms in total. The molecule has 3 heterocycles. The number of likely N-dealkylation sites (tertiary alicyclic amines) is 1. The minimum absolute atomic E-state index is 0.00682. The lowest BCUT2D eigenvalue weighted by atomic mass is 10.2. The van der Waals surface area contributed by atoms with Gasteiger partial charge in [-0.3, -0.25) is 14.8 Å². The van der Waals surface area contributed by atoms with Crippen molar-refractivity contribution in [3.05, 3.63) is 54.1 Å². The van der Waals surface area contributed by atoms with Gasteiger partial charge in [0.15, 0.2) is 0 Å². The van der Waals surface area contributed by atoms with Gasteiger partial charge < -0.3 is 10.2 Å². The molecule has 1 amide bonds. The predicted octanol–water partition coefficient (Wildman–Crippen LogP) is 1.67. The second-order valence-corrected chi connectivity index (χ2v) is 5.16. The van der Waals surface area contributed by atoms with Crippen molar-refractivity contribution >= 4 is 11.6 Å². The van der Waals surface area contributed by atoms with Gasteiger partial charge in [-0.1, -0.05) is 0 Å². The van der Waals surface area contributed by atoms with E-state index in [2.05, 4.69) is 21.4 Å². The molecule has 2 aromatic heterocycles. The SMILES string of the molecule is N#Cc1cnccc1NC1CCN(C(=O)c2cccnc2)C1. The van der Waals surface area contributed by atoms with E-state index in [9.17, 15) is 4.79 Å². The first-order valence-corrected chi connectivity index (χ1v) is 7.08. The molecule has 6 heteroatoms. The molecule has 3 rings (SSSR count). The van der Waals surface area contributed by atoms with Crippen molar-refractivity contribution in [2.75, 3.05) is 18.4 Å². The molecule has 2 aromatic rings. The van der Waals surface area contributed by atoms with E-state index in [1.165, 1.54) is 6.20 Å². The molecule has 0 bridgehead atoms. The van der Waals surface area contributed by atoms with Gasteiger partial charge in [-0.2, -0.15) is 5.26 Å². The molecular formula is C16H15N5O. The Balaban J connectivity index is 1.66. The molecule has 0 aliphatic carbocycles. The highest BCUT2D eigenvalue weighted by Crippen LogP contribution is 2.19. The summed E-state index contributed by atoms with van der Waals surface area (Å²) in [5.41, 5.74) is 1.88. The van der Waals surface area contributed by atoms with E-state index >= 15 is 0 Å². The molecule has 1 N–H and O–H groups in total. The van der Waals surface area contributed by atoms with Gasteiger partial charge in [0.25, 0.3) is 5.91 Å². The van der Waals surface area contributed by atoms with Crippen LogP contribution < -0.4 is 5.32 Å². The van der Waals surface area contributed by atoms with Crippen molar-refractivity contribution in [3.63, 3.8) is 0 Å². The lowest BCUT2D eigenvalue weighted by Gasteiger charge is -2.18. The van der Waals surface area contributed by atoms with Crippen LogP contribution in [0.2, 0.25) is 0 Å². The third-order valence-electron chi connectivity index (χ3n) is 3.69. The molecule has 0 saturated carbocycles. The van der Waals surface area contributed by atoms with Crippen LogP contribution >= 0.6 is 0 Å². The minimum atomic E-state index is -0.00682. The highest BCUT2D eigenvalue weighted by molar-refractivity contribution is 5.94. The number of carbonyl (C=O) groups excluding carboxylic acids is 1. The van der Waals surface area contributed by atoms with Crippen molar-refractivity contribution in [3.8, 4) is 6.07 Å². The van der Waals surface area contributed by atoms with Crippen LogP contribution in [0.4, 0.5) is 5.69 Å². The molecule has 1 aliphatic rings. The summed E-state index contributed by atoms with van der Waals surface area (Å²) in [4.78, 5) is 22.1. The molecule has 22 heavy (non-hydrogen) atoms. The number of rotatable bonds is 3. The van der Waals surface area contributed by atoms with Crippen LogP contribution in [0.3, 0.4) is 0 Å². The number of nitrogens with zero attached hydrogens (tertiary/aromatic N) is 4. The van der Waals surface area contributed by atoms with E-state index in [1.54, 1.807) is 36.8 Å². The van der Waals surface area contributed by atoms with E-state index in [4.69, 9.17) is 5.26 Å². The van der Waals surface area contributed by atoms with Gasteiger partial charge in [0.05, 0.1) is 16.8 Å². The maximum atomic E-state index is 12.4. The smallest absolute Gasteiger partial charge is 0.255 e. The van der Waals surface area contributed by atoms with Gasteiger partial charge in [0.2, 0.25) is 0 Å². The fourth-order valence-corrected chi connectivity index (χ4v) is 2.56. The average Bonchev–Trinajstić information content (AvgIpc) is 3.04. The molecule has 1 unspecified atom stereocenters. The number of carbonyl (C=O) groups is 1. The fourth-order valence-electron chi connectivity index (χ4n) is 2.56. The third kappa shape index (κ3) is 2.88. The molecule has 110 valence electrons. The number of hydrogen-bond donors (Lipinski definition) is 1. The van der Waals surface area contributed by atoms with Gasteiger partial charge in [-0.15, -0.1) is 0 Å². The largest absolute Gasteiger partial charge is 0.379 e. The van der Waals surface area contributed by atoms with Crippen LogP contribution in [0.1, 0.15) is 22.3 Å². The van der Waals surface area contributed by atoms with Gasteiger partial charge in [0.1, 0.15) is 6.07 Å². The Labute approximate surface area is 128 Å². The average molecular weight is 293 g/mol. The van der Waals surface area contributed by atoms with E-state index in [0.717, 1.165) is 12.1 Å². The zero-order valence-electron chi connectivity index (χ0n) is 11.9. The molecule has 0 radical (unpaired) electrons. The van der Waals surface area contributed by atoms with Crippen LogP contribution in [0.15, 0.2) is 43.0 Å². The van der Waals surface area contributed by atoms with Crippen molar-refractivity contribution in [1.82, 2.24) is 14.9 Å². The summed E-state index contributed by atoms with van der Waals surface area (Å²) in [5.74, 6) is -0.00682. The summed E-state index contributed by atoms with van der Waals surface area (Å²) in [6, 6.07) is 7.56. The van der Waals surface area contributed by atoms with E-state index in [1.807, 2.05) is 4.90 Å². The lowest BCUT2D eigenvalue weighted by Crippen LogP contribution is -2.31. The monoisotopic (exact) mass is 293 g/mol. The van der Waals surface area contributed by atoms with Crippen LogP contribution in [-0.2, 0) is 0 Å². The summed E-state index contributed by atoms with van der Waals surface area (Å²) >= 11 is 0. The number of anilines is 1.